The summed E-state index contributed by atoms with van der Waals surface area (Å²) in [5, 5.41) is 3.55. The van der Waals surface area contributed by atoms with Crippen LogP contribution < -0.4 is 5.73 Å². The number of hydrogen-bond donors (Lipinski definition) is 1. The van der Waals surface area contributed by atoms with Gasteiger partial charge in [-0.05, 0) is 19.0 Å². The molecule has 1 aromatic rings. The van der Waals surface area contributed by atoms with E-state index in [2.05, 4.69) is 28.9 Å². The minimum Gasteiger partial charge on any atom is -0.338 e. The molecule has 0 aromatic carbocycles. The summed E-state index contributed by atoms with van der Waals surface area (Å²) in [6.07, 6.45) is 1.41. The predicted molar refractivity (Wildman–Crippen MR) is 53.5 cm³/mol. The van der Waals surface area contributed by atoms with Crippen molar-refractivity contribution in [1.82, 2.24) is 15.0 Å². The lowest BCUT2D eigenvalue weighted by Crippen LogP contribution is -2.36. The van der Waals surface area contributed by atoms with Crippen LogP contribution in [0.3, 0.4) is 0 Å². The first-order valence-corrected chi connectivity index (χ1v) is 4.68. The molecule has 0 amide bonds. The maximum Gasteiger partial charge on any atom is 0.240 e. The van der Waals surface area contributed by atoms with Gasteiger partial charge in [-0.2, -0.15) is 4.98 Å². The van der Waals surface area contributed by atoms with Gasteiger partial charge in [0, 0.05) is 6.54 Å². The molecule has 0 saturated heterocycles. The largest absolute Gasteiger partial charge is 0.338 e. The molecule has 0 fully saturated rings. The molecular weight excluding hydrogens is 180 g/mol. The molecule has 1 rings (SSSR count). The van der Waals surface area contributed by atoms with E-state index in [1.807, 2.05) is 7.05 Å². The number of nitrogens with two attached hydrogens (primary N) is 1. The first-order valence-electron chi connectivity index (χ1n) is 4.68. The van der Waals surface area contributed by atoms with Crippen molar-refractivity contribution in [2.75, 3.05) is 20.1 Å². The third-order valence-electron chi connectivity index (χ3n) is 2.06. The van der Waals surface area contributed by atoms with Gasteiger partial charge in [-0.1, -0.05) is 19.0 Å². The molecule has 0 spiro atoms. The van der Waals surface area contributed by atoms with Gasteiger partial charge in [0.25, 0.3) is 0 Å². The standard InChI is InChI=1S/C9H18N4O/c1-9(2,5-10)6-13(3)4-8-11-7-12-14-8/h7H,4-6,10H2,1-3H3. The maximum atomic E-state index is 5.65. The Bertz CT molecular complexity index is 258. The fourth-order valence-electron chi connectivity index (χ4n) is 1.35. The zero-order valence-corrected chi connectivity index (χ0v) is 9.03. The first-order chi connectivity index (χ1) is 6.53. The summed E-state index contributed by atoms with van der Waals surface area (Å²) in [6, 6.07) is 0. The molecule has 0 aliphatic carbocycles. The normalized spacial score (nSPS) is 12.4. The quantitative estimate of drug-likeness (QED) is 0.745. The zero-order chi connectivity index (χ0) is 10.6. The van der Waals surface area contributed by atoms with Gasteiger partial charge in [0.15, 0.2) is 6.33 Å². The molecule has 5 nitrogen and oxygen atoms in total. The van der Waals surface area contributed by atoms with Gasteiger partial charge in [0.05, 0.1) is 6.54 Å². The van der Waals surface area contributed by atoms with Crippen LogP contribution >= 0.6 is 0 Å². The fourth-order valence-corrected chi connectivity index (χ4v) is 1.35. The van der Waals surface area contributed by atoms with Crippen LogP contribution in [0.5, 0.6) is 0 Å². The van der Waals surface area contributed by atoms with Gasteiger partial charge in [-0.3, -0.25) is 4.90 Å². The lowest BCUT2D eigenvalue weighted by Gasteiger charge is -2.27. The van der Waals surface area contributed by atoms with Crippen LogP contribution in [0.2, 0.25) is 0 Å². The van der Waals surface area contributed by atoms with E-state index in [4.69, 9.17) is 10.3 Å². The van der Waals surface area contributed by atoms with Crippen molar-refractivity contribution in [3.63, 3.8) is 0 Å². The molecule has 0 radical (unpaired) electrons. The van der Waals surface area contributed by atoms with Crippen molar-refractivity contribution in [1.29, 1.82) is 0 Å². The SMILES string of the molecule is CN(Cc1ncno1)CC(C)(C)CN. The molecule has 0 unspecified atom stereocenters. The number of nitrogens with zero attached hydrogens (tertiary/aromatic N) is 3. The summed E-state index contributed by atoms with van der Waals surface area (Å²) in [5.74, 6) is 0.639. The summed E-state index contributed by atoms with van der Waals surface area (Å²) < 4.78 is 4.92. The van der Waals surface area contributed by atoms with Crippen LogP contribution in [0.15, 0.2) is 10.9 Å². The van der Waals surface area contributed by atoms with Crippen molar-refractivity contribution in [3.05, 3.63) is 12.2 Å². The van der Waals surface area contributed by atoms with Crippen molar-refractivity contribution >= 4 is 0 Å². The third-order valence-corrected chi connectivity index (χ3v) is 2.06. The van der Waals surface area contributed by atoms with Crippen molar-refractivity contribution in [2.45, 2.75) is 20.4 Å². The minimum atomic E-state index is 0.120. The maximum absolute atomic E-state index is 5.65. The summed E-state index contributed by atoms with van der Waals surface area (Å²) in [7, 11) is 2.02. The van der Waals surface area contributed by atoms with Gasteiger partial charge >= 0.3 is 0 Å². The highest BCUT2D eigenvalue weighted by atomic mass is 16.5. The Balaban J connectivity index is 2.40. The predicted octanol–water partition coefficient (Wildman–Crippen LogP) is 0.486. The number of hydrogen-bond acceptors (Lipinski definition) is 5. The molecule has 80 valence electrons. The van der Waals surface area contributed by atoms with Crippen molar-refractivity contribution < 1.29 is 4.52 Å². The zero-order valence-electron chi connectivity index (χ0n) is 9.03. The van der Waals surface area contributed by atoms with Crippen LogP contribution in [-0.4, -0.2) is 35.2 Å². The first kappa shape index (κ1) is 11.1. The number of rotatable bonds is 5. The lowest BCUT2D eigenvalue weighted by atomic mass is 9.93. The second kappa shape index (κ2) is 4.52. The average molecular weight is 198 g/mol. The molecule has 0 atom stereocenters. The van der Waals surface area contributed by atoms with Crippen LogP contribution in [0, 0.1) is 5.41 Å². The highest BCUT2D eigenvalue weighted by Crippen LogP contribution is 2.14. The molecule has 1 heterocycles. The van der Waals surface area contributed by atoms with Crippen LogP contribution in [0.1, 0.15) is 19.7 Å². The van der Waals surface area contributed by atoms with Crippen LogP contribution in [0.4, 0.5) is 0 Å². The molecule has 0 bridgehead atoms. The van der Waals surface area contributed by atoms with E-state index in [0.717, 1.165) is 6.54 Å². The Labute approximate surface area is 84.3 Å². The van der Waals surface area contributed by atoms with E-state index < -0.39 is 0 Å². The van der Waals surface area contributed by atoms with E-state index in [0.29, 0.717) is 19.0 Å². The fraction of sp³-hybridized carbons (Fsp3) is 0.778. The summed E-state index contributed by atoms with van der Waals surface area (Å²) in [6.45, 7) is 6.52. The molecule has 0 saturated carbocycles. The van der Waals surface area contributed by atoms with Gasteiger partial charge in [-0.15, -0.1) is 0 Å². The summed E-state index contributed by atoms with van der Waals surface area (Å²) in [5.41, 5.74) is 5.77. The Morgan fingerprint density at radius 3 is 2.79 bits per heavy atom. The minimum absolute atomic E-state index is 0.120. The molecule has 5 heteroatoms. The lowest BCUT2D eigenvalue weighted by molar-refractivity contribution is 0.189. The molecule has 14 heavy (non-hydrogen) atoms. The van der Waals surface area contributed by atoms with E-state index in [1.54, 1.807) is 0 Å². The molecular formula is C9H18N4O. The Kier molecular flexibility index (Phi) is 3.60. The molecule has 0 aliphatic rings. The van der Waals surface area contributed by atoms with Crippen molar-refractivity contribution in [3.8, 4) is 0 Å². The third kappa shape index (κ3) is 3.43. The van der Waals surface area contributed by atoms with Crippen LogP contribution in [-0.2, 0) is 6.54 Å². The smallest absolute Gasteiger partial charge is 0.240 e. The molecule has 2 N–H and O–H groups in total. The molecule has 0 aliphatic heterocycles. The van der Waals surface area contributed by atoms with E-state index >= 15 is 0 Å². The van der Waals surface area contributed by atoms with Gasteiger partial charge in [-0.25, -0.2) is 0 Å². The number of aromatic nitrogens is 2. The Hall–Kier alpha value is -0.940. The highest BCUT2D eigenvalue weighted by molar-refractivity contribution is 4.78. The van der Waals surface area contributed by atoms with E-state index in [-0.39, 0.29) is 5.41 Å². The van der Waals surface area contributed by atoms with Gasteiger partial charge < -0.3 is 10.3 Å². The van der Waals surface area contributed by atoms with E-state index in [9.17, 15) is 0 Å². The summed E-state index contributed by atoms with van der Waals surface area (Å²) in [4.78, 5) is 6.09. The second-order valence-corrected chi connectivity index (χ2v) is 4.38. The van der Waals surface area contributed by atoms with E-state index in [1.165, 1.54) is 6.33 Å². The molecule has 1 aromatic heterocycles. The van der Waals surface area contributed by atoms with Gasteiger partial charge in [0.2, 0.25) is 5.89 Å². The monoisotopic (exact) mass is 198 g/mol. The Morgan fingerprint density at radius 1 is 1.57 bits per heavy atom. The van der Waals surface area contributed by atoms with Crippen molar-refractivity contribution in [2.24, 2.45) is 11.1 Å². The van der Waals surface area contributed by atoms with Gasteiger partial charge in [0.1, 0.15) is 0 Å². The second-order valence-electron chi connectivity index (χ2n) is 4.38. The Morgan fingerprint density at radius 2 is 2.29 bits per heavy atom. The topological polar surface area (TPSA) is 68.2 Å². The highest BCUT2D eigenvalue weighted by Gasteiger charge is 2.18. The average Bonchev–Trinajstić information content (AvgIpc) is 2.55. The van der Waals surface area contributed by atoms with Crippen LogP contribution in [0.25, 0.3) is 0 Å². The summed E-state index contributed by atoms with van der Waals surface area (Å²) >= 11 is 0.